The summed E-state index contributed by atoms with van der Waals surface area (Å²) in [5, 5.41) is 0. The Labute approximate surface area is 574 Å². The molecule has 94 heavy (non-hydrogen) atoms. The van der Waals surface area contributed by atoms with Crippen molar-refractivity contribution in [2.24, 2.45) is 0 Å². The minimum atomic E-state index is -0.353. The van der Waals surface area contributed by atoms with Crippen LogP contribution in [-0.4, -0.2) is 50.3 Å². The van der Waals surface area contributed by atoms with Crippen LogP contribution in [0.25, 0.3) is 11.1 Å². The fourth-order valence-electron chi connectivity index (χ4n) is 12.8. The van der Waals surface area contributed by atoms with Gasteiger partial charge in [0.2, 0.25) is 0 Å². The molecular weight excluding hydrogens is 1160 g/mol. The van der Waals surface area contributed by atoms with Crippen LogP contribution < -0.4 is 0 Å². The van der Waals surface area contributed by atoms with Crippen LogP contribution in [0.3, 0.4) is 0 Å². The highest BCUT2D eigenvalue weighted by Crippen LogP contribution is 2.38. The number of esters is 4. The lowest BCUT2D eigenvalue weighted by Crippen LogP contribution is -2.08. The second kappa shape index (κ2) is 55.6. The fourth-order valence-corrected chi connectivity index (χ4v) is 12.8. The lowest BCUT2D eigenvalue weighted by atomic mass is 9.85. The van der Waals surface area contributed by atoms with Gasteiger partial charge in [0.25, 0.3) is 0 Å². The Balaban J connectivity index is 1.53. The highest BCUT2D eigenvalue weighted by molar-refractivity contribution is 6.06. The molecule has 0 spiro atoms. The monoisotopic (exact) mass is 1290 g/mol. The molecule has 0 aliphatic rings. The molecule has 0 aromatic heterocycles. The van der Waals surface area contributed by atoms with Crippen LogP contribution in [-0.2, 0) is 18.9 Å². The van der Waals surface area contributed by atoms with Gasteiger partial charge in [0.15, 0.2) is 0 Å². The Morgan fingerprint density at radius 2 is 0.298 bits per heavy atom. The van der Waals surface area contributed by atoms with Gasteiger partial charge in [0.05, 0.1) is 48.7 Å². The minimum absolute atomic E-state index is 0.353. The molecule has 0 bridgehead atoms. The molecular formula is C86H132O8. The zero-order valence-electron chi connectivity index (χ0n) is 60.3. The summed E-state index contributed by atoms with van der Waals surface area (Å²) in [6.45, 7) is 10.6. The average molecular weight is 1290 g/mol. The Bertz CT molecular complexity index is 2190. The Morgan fingerprint density at radius 3 is 0.436 bits per heavy atom. The van der Waals surface area contributed by atoms with Gasteiger partial charge in [-0.2, -0.15) is 0 Å². The molecule has 0 amide bonds. The van der Waals surface area contributed by atoms with Gasteiger partial charge in [0, 0.05) is 0 Å². The highest BCUT2D eigenvalue weighted by atomic mass is 16.5. The molecule has 0 radical (unpaired) electrons. The van der Waals surface area contributed by atoms with Crippen LogP contribution in [0.15, 0.2) is 97.1 Å². The Kier molecular flexibility index (Phi) is 47.9. The number of hydrogen-bond acceptors (Lipinski definition) is 8. The van der Waals surface area contributed by atoms with E-state index in [0.717, 1.165) is 110 Å². The van der Waals surface area contributed by atoms with Crippen molar-refractivity contribution in [1.29, 1.82) is 0 Å². The molecule has 0 aliphatic heterocycles. The van der Waals surface area contributed by atoms with E-state index >= 15 is 0 Å². The van der Waals surface area contributed by atoms with E-state index in [-0.39, 0.29) is 23.9 Å². The predicted molar refractivity (Wildman–Crippen MR) is 396 cm³/mol. The van der Waals surface area contributed by atoms with Crippen LogP contribution in [0, 0.1) is 0 Å². The minimum Gasteiger partial charge on any atom is -0.462 e. The van der Waals surface area contributed by atoms with E-state index in [9.17, 15) is 19.2 Å². The Hall–Kier alpha value is -5.50. The number of carbonyl (C=O) groups is 4. The van der Waals surface area contributed by atoms with Crippen molar-refractivity contribution in [2.45, 2.75) is 336 Å². The largest absolute Gasteiger partial charge is 0.462 e. The lowest BCUT2D eigenvalue weighted by Gasteiger charge is -2.19. The fraction of sp³-hybridized carbons (Fsp3) is 0.651. The molecule has 0 unspecified atom stereocenters. The zero-order valence-corrected chi connectivity index (χ0v) is 60.3. The SMILES string of the molecule is CCCCCCCCCCCCCCOC(=O)c1ccc(C(=C(c2ccc(C(=O)OCCCCCCCCCCCCCC)cc2)c2ccc(C(=O)OCCCCCCCCCCCCCC)cc2)c2ccc(C(=O)OCCCCCCCCCCCCCC)cc2)cc1. The van der Waals surface area contributed by atoms with Crippen molar-refractivity contribution in [3.05, 3.63) is 142 Å². The topological polar surface area (TPSA) is 105 Å². The predicted octanol–water partition coefficient (Wildman–Crippen LogP) is 26.1. The molecule has 4 aromatic carbocycles. The van der Waals surface area contributed by atoms with E-state index in [2.05, 4.69) is 27.7 Å². The molecule has 8 heteroatoms. The van der Waals surface area contributed by atoms with Crippen molar-refractivity contribution in [3.63, 3.8) is 0 Å². The summed E-state index contributed by atoms with van der Waals surface area (Å²) in [5.41, 5.74) is 6.83. The maximum absolute atomic E-state index is 13.6. The normalized spacial score (nSPS) is 11.2. The number of rotatable bonds is 60. The van der Waals surface area contributed by atoms with E-state index in [4.69, 9.17) is 18.9 Å². The lowest BCUT2D eigenvalue weighted by molar-refractivity contribution is 0.0488. The van der Waals surface area contributed by atoms with E-state index < -0.39 is 0 Å². The molecule has 0 saturated heterocycles. The van der Waals surface area contributed by atoms with Crippen molar-refractivity contribution >= 4 is 35.0 Å². The molecule has 524 valence electrons. The third-order valence-corrected chi connectivity index (χ3v) is 18.8. The molecule has 0 heterocycles. The standard InChI is InChI=1S/C86H132O8/c1-5-9-13-17-21-25-29-33-37-41-45-49-69-91-83(87)77-61-53-73(54-62-77)81(74-55-63-78(64-56-74)84(88)92-70-50-46-42-38-34-30-26-22-18-14-10-6-2)82(75-57-65-79(66-58-75)85(89)93-71-51-47-43-39-35-31-27-23-19-15-11-7-3)76-59-67-80(68-60-76)86(90)94-72-52-48-44-40-36-32-28-24-20-16-12-8-4/h53-68H,5-52,69-72H2,1-4H3. The summed E-state index contributed by atoms with van der Waals surface area (Å²) in [6.07, 6.45) is 59.4. The van der Waals surface area contributed by atoms with Gasteiger partial charge in [-0.15, -0.1) is 0 Å². The van der Waals surface area contributed by atoms with Gasteiger partial charge in [-0.3, -0.25) is 0 Å². The van der Waals surface area contributed by atoms with Crippen molar-refractivity contribution in [3.8, 4) is 0 Å². The van der Waals surface area contributed by atoms with Crippen molar-refractivity contribution in [1.82, 2.24) is 0 Å². The van der Waals surface area contributed by atoms with Crippen LogP contribution in [0.4, 0.5) is 0 Å². The van der Waals surface area contributed by atoms with Gasteiger partial charge < -0.3 is 18.9 Å². The smallest absolute Gasteiger partial charge is 0.338 e. The quantitative estimate of drug-likeness (QED) is 0.0186. The summed E-state index contributed by atoms with van der Waals surface area (Å²) in [4.78, 5) is 54.3. The Morgan fingerprint density at radius 1 is 0.181 bits per heavy atom. The molecule has 4 rings (SSSR count). The average Bonchev–Trinajstić information content (AvgIpc) is 0.780. The molecule has 0 fully saturated rings. The molecule has 8 nitrogen and oxygen atoms in total. The highest BCUT2D eigenvalue weighted by Gasteiger charge is 2.21. The van der Waals surface area contributed by atoms with E-state index in [1.807, 2.05) is 97.1 Å². The third-order valence-electron chi connectivity index (χ3n) is 18.8. The maximum Gasteiger partial charge on any atom is 0.338 e. The molecule has 0 saturated carbocycles. The molecule has 4 aromatic rings. The van der Waals surface area contributed by atoms with Gasteiger partial charge >= 0.3 is 23.9 Å². The zero-order chi connectivity index (χ0) is 67.0. The van der Waals surface area contributed by atoms with Crippen LogP contribution in [0.1, 0.15) is 400 Å². The van der Waals surface area contributed by atoms with Gasteiger partial charge in [0.1, 0.15) is 0 Å². The summed E-state index contributed by atoms with van der Waals surface area (Å²) in [5.74, 6) is -1.41. The second-order valence-electron chi connectivity index (χ2n) is 27.2. The first-order chi connectivity index (χ1) is 46.3. The number of carbonyl (C=O) groups excluding carboxylic acids is 4. The van der Waals surface area contributed by atoms with E-state index in [0.29, 0.717) is 48.7 Å². The first kappa shape index (κ1) is 80.9. The number of unbranched alkanes of at least 4 members (excludes halogenated alkanes) is 44. The number of ether oxygens (including phenoxy) is 4. The first-order valence-electron chi connectivity index (χ1n) is 39.2. The van der Waals surface area contributed by atoms with E-state index in [1.165, 1.54) is 231 Å². The molecule has 0 N–H and O–H groups in total. The second-order valence-corrected chi connectivity index (χ2v) is 27.2. The van der Waals surface area contributed by atoms with Crippen LogP contribution in [0.5, 0.6) is 0 Å². The van der Waals surface area contributed by atoms with Crippen LogP contribution >= 0.6 is 0 Å². The van der Waals surface area contributed by atoms with Crippen molar-refractivity contribution < 1.29 is 38.1 Å². The summed E-state index contributed by atoms with van der Waals surface area (Å²) in [6, 6.07) is 30.2. The molecule has 0 atom stereocenters. The number of hydrogen-bond donors (Lipinski definition) is 0. The van der Waals surface area contributed by atoms with Gasteiger partial charge in [-0.05, 0) is 108 Å². The summed E-state index contributed by atoms with van der Waals surface area (Å²) >= 11 is 0. The maximum atomic E-state index is 13.6. The summed E-state index contributed by atoms with van der Waals surface area (Å²) < 4.78 is 23.3. The van der Waals surface area contributed by atoms with Gasteiger partial charge in [-0.25, -0.2) is 19.2 Å². The summed E-state index contributed by atoms with van der Waals surface area (Å²) in [7, 11) is 0. The first-order valence-corrected chi connectivity index (χ1v) is 39.2. The van der Waals surface area contributed by atoms with Crippen molar-refractivity contribution in [2.75, 3.05) is 26.4 Å². The number of benzene rings is 4. The van der Waals surface area contributed by atoms with Gasteiger partial charge in [-0.1, -0.05) is 359 Å². The molecule has 0 aliphatic carbocycles. The van der Waals surface area contributed by atoms with E-state index in [1.54, 1.807) is 0 Å². The third kappa shape index (κ3) is 37.1. The van der Waals surface area contributed by atoms with Crippen LogP contribution in [0.2, 0.25) is 0 Å².